The van der Waals surface area contributed by atoms with Crippen molar-refractivity contribution in [2.45, 2.75) is 16.7 Å². The van der Waals surface area contributed by atoms with Gasteiger partial charge in [-0.25, -0.2) is 9.88 Å². The van der Waals surface area contributed by atoms with E-state index in [4.69, 9.17) is 0 Å². The van der Waals surface area contributed by atoms with E-state index >= 15 is 0 Å². The van der Waals surface area contributed by atoms with E-state index in [0.29, 0.717) is 10.7 Å². The van der Waals surface area contributed by atoms with E-state index in [9.17, 15) is 19.7 Å². The summed E-state index contributed by atoms with van der Waals surface area (Å²) in [6.07, 6.45) is 1.70. The summed E-state index contributed by atoms with van der Waals surface area (Å²) in [7, 11) is 0. The zero-order valence-electron chi connectivity index (χ0n) is 11.8. The number of aromatic nitrogens is 1. The number of anilines is 1. The highest BCUT2D eigenvalue weighted by atomic mass is 32.2. The van der Waals surface area contributed by atoms with Gasteiger partial charge in [0.2, 0.25) is 11.8 Å². The summed E-state index contributed by atoms with van der Waals surface area (Å²) in [6, 6.07) is 10.7. The van der Waals surface area contributed by atoms with Gasteiger partial charge in [0, 0.05) is 24.8 Å². The van der Waals surface area contributed by atoms with E-state index < -0.39 is 10.2 Å². The van der Waals surface area contributed by atoms with E-state index in [1.165, 1.54) is 36.0 Å². The highest BCUT2D eigenvalue weighted by molar-refractivity contribution is 8.00. The zero-order valence-corrected chi connectivity index (χ0v) is 12.6. The van der Waals surface area contributed by atoms with Crippen LogP contribution < -0.4 is 4.90 Å². The molecule has 2 heterocycles. The lowest BCUT2D eigenvalue weighted by atomic mass is 10.2. The first-order valence-electron chi connectivity index (χ1n) is 6.75. The number of carbonyl (C=O) groups excluding carboxylic acids is 2. The maximum absolute atomic E-state index is 12.5. The lowest BCUT2D eigenvalue weighted by Gasteiger charge is -2.14. The molecule has 1 unspecified atom stereocenters. The molecule has 8 heteroatoms. The Hall–Kier alpha value is -2.74. The number of rotatable bonds is 4. The number of amides is 2. The van der Waals surface area contributed by atoms with Crippen molar-refractivity contribution < 1.29 is 14.5 Å². The number of pyridine rings is 1. The van der Waals surface area contributed by atoms with Crippen LogP contribution in [0.25, 0.3) is 0 Å². The Bertz CT molecular complexity index is 764. The largest absolute Gasteiger partial charge is 0.274 e. The first kappa shape index (κ1) is 15.2. The van der Waals surface area contributed by atoms with Gasteiger partial charge in [-0.1, -0.05) is 17.8 Å². The van der Waals surface area contributed by atoms with Crippen LogP contribution in [0.5, 0.6) is 0 Å². The predicted octanol–water partition coefficient (Wildman–Crippen LogP) is 2.41. The Kier molecular flexibility index (Phi) is 4.07. The second kappa shape index (κ2) is 6.17. The summed E-state index contributed by atoms with van der Waals surface area (Å²) in [5.41, 5.74) is 0.252. The van der Waals surface area contributed by atoms with Gasteiger partial charge >= 0.3 is 0 Å². The van der Waals surface area contributed by atoms with Crippen LogP contribution in [-0.4, -0.2) is 27.0 Å². The molecule has 0 aliphatic carbocycles. The monoisotopic (exact) mass is 329 g/mol. The third kappa shape index (κ3) is 3.07. The Morgan fingerprint density at radius 1 is 1.17 bits per heavy atom. The van der Waals surface area contributed by atoms with Gasteiger partial charge in [-0.2, -0.15) is 0 Å². The van der Waals surface area contributed by atoms with Gasteiger partial charge < -0.3 is 0 Å². The Morgan fingerprint density at radius 2 is 1.91 bits per heavy atom. The van der Waals surface area contributed by atoms with E-state index in [2.05, 4.69) is 4.98 Å². The minimum Gasteiger partial charge on any atom is -0.274 e. The maximum atomic E-state index is 12.5. The van der Waals surface area contributed by atoms with Crippen LogP contribution in [0.1, 0.15) is 6.42 Å². The second-order valence-electron chi connectivity index (χ2n) is 4.82. The van der Waals surface area contributed by atoms with Crippen molar-refractivity contribution >= 4 is 35.0 Å². The molecule has 2 amide bonds. The summed E-state index contributed by atoms with van der Waals surface area (Å²) in [5.74, 6) is -0.656. The Morgan fingerprint density at radius 3 is 2.52 bits per heavy atom. The molecule has 3 rings (SSSR count). The van der Waals surface area contributed by atoms with Crippen LogP contribution >= 0.6 is 11.8 Å². The average Bonchev–Trinajstić information content (AvgIpc) is 2.82. The molecule has 7 nitrogen and oxygen atoms in total. The van der Waals surface area contributed by atoms with E-state index in [-0.39, 0.29) is 23.9 Å². The number of non-ortho nitro benzene ring substituents is 1. The smallest absolute Gasteiger partial charge is 0.269 e. The number of hydrogen-bond donors (Lipinski definition) is 0. The van der Waals surface area contributed by atoms with Gasteiger partial charge in [-0.3, -0.25) is 19.7 Å². The molecule has 1 atom stereocenters. The lowest BCUT2D eigenvalue weighted by molar-refractivity contribution is -0.384. The predicted molar refractivity (Wildman–Crippen MR) is 84.1 cm³/mol. The third-order valence-corrected chi connectivity index (χ3v) is 4.46. The fourth-order valence-corrected chi connectivity index (χ4v) is 3.26. The van der Waals surface area contributed by atoms with Crippen LogP contribution in [0.2, 0.25) is 0 Å². The Balaban J connectivity index is 1.79. The van der Waals surface area contributed by atoms with Crippen molar-refractivity contribution in [3.05, 3.63) is 58.8 Å². The number of nitro groups is 1. The van der Waals surface area contributed by atoms with Crippen molar-refractivity contribution in [2.75, 3.05) is 4.90 Å². The van der Waals surface area contributed by atoms with Crippen molar-refractivity contribution in [3.8, 4) is 0 Å². The maximum Gasteiger partial charge on any atom is 0.269 e. The van der Waals surface area contributed by atoms with Crippen molar-refractivity contribution in [3.63, 3.8) is 0 Å². The SMILES string of the molecule is O=C1CC(Sc2ccccn2)C(=O)N1c1ccc([N+](=O)[O-])cc1. The average molecular weight is 329 g/mol. The number of nitro benzene ring substituents is 1. The van der Waals surface area contributed by atoms with Gasteiger partial charge in [0.05, 0.1) is 20.9 Å². The molecule has 2 aromatic rings. The summed E-state index contributed by atoms with van der Waals surface area (Å²) in [6.45, 7) is 0. The molecule has 0 spiro atoms. The molecule has 1 fully saturated rings. The quantitative estimate of drug-likeness (QED) is 0.486. The summed E-state index contributed by atoms with van der Waals surface area (Å²) in [5, 5.41) is 10.8. The molecule has 23 heavy (non-hydrogen) atoms. The highest BCUT2D eigenvalue weighted by Crippen LogP contribution is 2.33. The second-order valence-corrected chi connectivity index (χ2v) is 6.04. The van der Waals surface area contributed by atoms with Gasteiger partial charge in [0.25, 0.3) is 5.69 Å². The molecule has 0 saturated carbocycles. The number of thioether (sulfide) groups is 1. The number of nitrogens with zero attached hydrogens (tertiary/aromatic N) is 3. The standard InChI is InChI=1S/C15H11N3O4S/c19-14-9-12(23-13-3-1-2-8-16-13)15(20)17(14)10-4-6-11(7-5-10)18(21)22/h1-8,12H,9H2. The number of imide groups is 1. The molecule has 1 aliphatic rings. The minimum atomic E-state index is -0.535. The third-order valence-electron chi connectivity index (χ3n) is 3.32. The molecule has 0 N–H and O–H groups in total. The van der Waals surface area contributed by atoms with Crippen LogP contribution in [0, 0.1) is 10.1 Å². The van der Waals surface area contributed by atoms with Gasteiger partial charge in [-0.15, -0.1) is 0 Å². The van der Waals surface area contributed by atoms with Gasteiger partial charge in [0.1, 0.15) is 0 Å². The molecule has 1 aromatic heterocycles. The van der Waals surface area contributed by atoms with Crippen LogP contribution in [-0.2, 0) is 9.59 Å². The van der Waals surface area contributed by atoms with Crippen molar-refractivity contribution in [1.29, 1.82) is 0 Å². The first-order chi connectivity index (χ1) is 11.1. The number of benzene rings is 1. The van der Waals surface area contributed by atoms with E-state index in [1.54, 1.807) is 18.3 Å². The van der Waals surface area contributed by atoms with Crippen molar-refractivity contribution in [1.82, 2.24) is 4.98 Å². The zero-order chi connectivity index (χ0) is 16.4. The summed E-state index contributed by atoms with van der Waals surface area (Å²) >= 11 is 1.24. The summed E-state index contributed by atoms with van der Waals surface area (Å²) in [4.78, 5) is 39.9. The normalized spacial score (nSPS) is 17.6. The summed E-state index contributed by atoms with van der Waals surface area (Å²) < 4.78 is 0. The minimum absolute atomic E-state index is 0.0804. The van der Waals surface area contributed by atoms with Gasteiger partial charge in [-0.05, 0) is 24.3 Å². The van der Waals surface area contributed by atoms with Crippen LogP contribution in [0.3, 0.4) is 0 Å². The number of carbonyl (C=O) groups is 2. The van der Waals surface area contributed by atoms with E-state index in [1.807, 2.05) is 6.07 Å². The highest BCUT2D eigenvalue weighted by Gasteiger charge is 2.40. The molecular formula is C15H11N3O4S. The van der Waals surface area contributed by atoms with Crippen LogP contribution in [0.4, 0.5) is 11.4 Å². The molecule has 116 valence electrons. The molecular weight excluding hydrogens is 318 g/mol. The fourth-order valence-electron chi connectivity index (χ4n) is 2.25. The Labute approximate surface area is 135 Å². The number of hydrogen-bond acceptors (Lipinski definition) is 6. The fraction of sp³-hybridized carbons (Fsp3) is 0.133. The van der Waals surface area contributed by atoms with Crippen molar-refractivity contribution in [2.24, 2.45) is 0 Å². The van der Waals surface area contributed by atoms with E-state index in [0.717, 1.165) is 4.90 Å². The molecule has 0 bridgehead atoms. The molecule has 1 aromatic carbocycles. The van der Waals surface area contributed by atoms with Crippen LogP contribution in [0.15, 0.2) is 53.7 Å². The first-order valence-corrected chi connectivity index (χ1v) is 7.63. The molecule has 0 radical (unpaired) electrons. The van der Waals surface area contributed by atoms with Gasteiger partial charge in [0.15, 0.2) is 0 Å². The topological polar surface area (TPSA) is 93.4 Å². The molecule has 1 saturated heterocycles. The lowest BCUT2D eigenvalue weighted by Crippen LogP contribution is -2.31. The molecule has 1 aliphatic heterocycles.